The molecule has 1 atom stereocenters. The lowest BCUT2D eigenvalue weighted by Gasteiger charge is -2.31. The Morgan fingerprint density at radius 3 is 2.44 bits per heavy atom. The van der Waals surface area contributed by atoms with Gasteiger partial charge >= 0.3 is 0 Å². The molecule has 0 radical (unpaired) electrons. The lowest BCUT2D eigenvalue weighted by Crippen LogP contribution is -2.43. The number of aliphatic imine (C=N–C) groups is 2. The highest BCUT2D eigenvalue weighted by Gasteiger charge is 2.42. The van der Waals surface area contributed by atoms with E-state index in [9.17, 15) is 0 Å². The van der Waals surface area contributed by atoms with Crippen LogP contribution in [0.4, 0.5) is 0 Å². The van der Waals surface area contributed by atoms with Crippen LogP contribution in [0.25, 0.3) is 0 Å². The fraction of sp³-hybridized carbons (Fsp3) is 0.286. The van der Waals surface area contributed by atoms with Crippen molar-refractivity contribution in [2.75, 3.05) is 13.2 Å². The van der Waals surface area contributed by atoms with E-state index in [0.717, 1.165) is 12.1 Å². The first kappa shape index (κ1) is 11.3. The molecule has 0 saturated carbocycles. The number of rotatable bonds is 2. The van der Waals surface area contributed by atoms with Gasteiger partial charge in [-0.1, -0.05) is 30.3 Å². The van der Waals surface area contributed by atoms with Crippen molar-refractivity contribution in [3.63, 3.8) is 0 Å². The third-order valence-electron chi connectivity index (χ3n) is 3.11. The van der Waals surface area contributed by atoms with Gasteiger partial charge in [0.1, 0.15) is 0 Å². The average molecular weight is 241 g/mol. The molecule has 1 aromatic rings. The van der Waals surface area contributed by atoms with Crippen LogP contribution in [-0.4, -0.2) is 31.8 Å². The van der Waals surface area contributed by atoms with Crippen molar-refractivity contribution in [3.05, 3.63) is 48.0 Å². The van der Waals surface area contributed by atoms with Gasteiger partial charge in [-0.2, -0.15) is 0 Å². The van der Waals surface area contributed by atoms with Crippen molar-refractivity contribution in [3.8, 4) is 0 Å². The second-order valence-electron chi connectivity index (χ2n) is 4.24. The molecule has 3 rings (SSSR count). The van der Waals surface area contributed by atoms with Gasteiger partial charge in [0.05, 0.1) is 6.61 Å². The van der Waals surface area contributed by atoms with Gasteiger partial charge in [-0.15, -0.1) is 0 Å². The van der Waals surface area contributed by atoms with Gasteiger partial charge in [-0.3, -0.25) is 15.3 Å². The SMILES string of the molecule is C1=CC=NC(c2ccccc2)(C2NCCO2)N=C1. The summed E-state index contributed by atoms with van der Waals surface area (Å²) in [4.78, 5) is 9.22. The Labute approximate surface area is 106 Å². The Balaban J connectivity index is 2.08. The number of hydrogen-bond donors (Lipinski definition) is 1. The van der Waals surface area contributed by atoms with Gasteiger partial charge in [-0.25, -0.2) is 0 Å². The summed E-state index contributed by atoms with van der Waals surface area (Å²) < 4.78 is 5.74. The number of nitrogens with zero attached hydrogens (tertiary/aromatic N) is 2. The monoisotopic (exact) mass is 241 g/mol. The Morgan fingerprint density at radius 1 is 1.11 bits per heavy atom. The number of allylic oxidation sites excluding steroid dienone is 2. The summed E-state index contributed by atoms with van der Waals surface area (Å²) in [7, 11) is 0. The second kappa shape index (κ2) is 4.84. The molecule has 1 saturated heterocycles. The fourth-order valence-corrected chi connectivity index (χ4v) is 2.25. The van der Waals surface area contributed by atoms with E-state index in [1.54, 1.807) is 12.4 Å². The highest BCUT2D eigenvalue weighted by molar-refractivity contribution is 5.83. The normalized spacial score (nSPS) is 25.2. The van der Waals surface area contributed by atoms with Gasteiger partial charge in [0.2, 0.25) is 5.66 Å². The van der Waals surface area contributed by atoms with Gasteiger partial charge < -0.3 is 4.74 Å². The van der Waals surface area contributed by atoms with E-state index in [-0.39, 0.29) is 6.23 Å². The Bertz CT molecular complexity index is 471. The van der Waals surface area contributed by atoms with Crippen LogP contribution >= 0.6 is 0 Å². The second-order valence-corrected chi connectivity index (χ2v) is 4.24. The van der Waals surface area contributed by atoms with Crippen molar-refractivity contribution in [2.24, 2.45) is 9.98 Å². The number of nitrogens with one attached hydrogen (secondary N) is 1. The zero-order chi connectivity index (χ0) is 12.3. The lowest BCUT2D eigenvalue weighted by molar-refractivity contribution is 0.0384. The van der Waals surface area contributed by atoms with Crippen LogP contribution in [0, 0.1) is 0 Å². The summed E-state index contributed by atoms with van der Waals surface area (Å²) >= 11 is 0. The van der Waals surface area contributed by atoms with Gasteiger partial charge in [0.15, 0.2) is 6.23 Å². The molecule has 4 nitrogen and oxygen atoms in total. The number of ether oxygens (including phenoxy) is 1. The molecule has 0 aliphatic carbocycles. The molecule has 2 aliphatic heterocycles. The van der Waals surface area contributed by atoms with E-state index < -0.39 is 5.66 Å². The van der Waals surface area contributed by atoms with E-state index in [2.05, 4.69) is 15.3 Å². The lowest BCUT2D eigenvalue weighted by atomic mass is 9.98. The van der Waals surface area contributed by atoms with Crippen LogP contribution in [0.5, 0.6) is 0 Å². The van der Waals surface area contributed by atoms with Crippen molar-refractivity contribution in [1.29, 1.82) is 0 Å². The number of hydrogen-bond acceptors (Lipinski definition) is 4. The Morgan fingerprint density at radius 2 is 1.83 bits per heavy atom. The van der Waals surface area contributed by atoms with Crippen molar-refractivity contribution >= 4 is 12.4 Å². The zero-order valence-corrected chi connectivity index (χ0v) is 9.99. The fourth-order valence-electron chi connectivity index (χ4n) is 2.25. The van der Waals surface area contributed by atoms with Crippen LogP contribution in [0.1, 0.15) is 5.56 Å². The maximum atomic E-state index is 5.74. The molecule has 18 heavy (non-hydrogen) atoms. The molecule has 2 aliphatic rings. The minimum Gasteiger partial charge on any atom is -0.357 e. The first-order valence-corrected chi connectivity index (χ1v) is 6.08. The largest absolute Gasteiger partial charge is 0.357 e. The third kappa shape index (κ3) is 1.89. The molecule has 0 bridgehead atoms. The summed E-state index contributed by atoms with van der Waals surface area (Å²) in [6.45, 7) is 1.52. The van der Waals surface area contributed by atoms with E-state index in [4.69, 9.17) is 4.74 Å². The number of benzene rings is 1. The van der Waals surface area contributed by atoms with E-state index in [1.165, 1.54) is 0 Å². The molecule has 4 heteroatoms. The van der Waals surface area contributed by atoms with E-state index in [0.29, 0.717) is 6.61 Å². The van der Waals surface area contributed by atoms with Crippen molar-refractivity contribution in [2.45, 2.75) is 11.9 Å². The van der Waals surface area contributed by atoms with Gasteiger partial charge in [0.25, 0.3) is 0 Å². The molecule has 1 aromatic carbocycles. The maximum absolute atomic E-state index is 5.74. The van der Waals surface area contributed by atoms with E-state index >= 15 is 0 Å². The molecule has 0 aromatic heterocycles. The minimum absolute atomic E-state index is 0.215. The summed E-state index contributed by atoms with van der Waals surface area (Å²) in [6, 6.07) is 10.0. The summed E-state index contributed by atoms with van der Waals surface area (Å²) in [5.41, 5.74) is 0.307. The molecule has 0 amide bonds. The zero-order valence-electron chi connectivity index (χ0n) is 9.99. The highest BCUT2D eigenvalue weighted by Crippen LogP contribution is 2.33. The molecule has 2 heterocycles. The first-order valence-electron chi connectivity index (χ1n) is 6.08. The van der Waals surface area contributed by atoms with E-state index in [1.807, 2.05) is 42.5 Å². The van der Waals surface area contributed by atoms with Gasteiger partial charge in [-0.05, 0) is 12.2 Å². The predicted molar refractivity (Wildman–Crippen MR) is 72.0 cm³/mol. The minimum atomic E-state index is -0.721. The summed E-state index contributed by atoms with van der Waals surface area (Å²) in [5, 5.41) is 3.32. The molecule has 1 fully saturated rings. The van der Waals surface area contributed by atoms with Crippen molar-refractivity contribution < 1.29 is 4.74 Å². The molecular weight excluding hydrogens is 226 g/mol. The molecule has 1 unspecified atom stereocenters. The van der Waals surface area contributed by atoms with Crippen LogP contribution in [0.2, 0.25) is 0 Å². The standard InChI is InChI=1S/C14H15N3O/c1-2-6-12(7-3-1)14(13-15-10-11-18-13)16-8-4-5-9-17-14/h1-9,13,15H,10-11H2. The molecule has 92 valence electrons. The molecule has 1 N–H and O–H groups in total. The topological polar surface area (TPSA) is 46.0 Å². The maximum Gasteiger partial charge on any atom is 0.214 e. The Hall–Kier alpha value is -1.78. The van der Waals surface area contributed by atoms with Crippen LogP contribution in [0.15, 0.2) is 52.5 Å². The third-order valence-corrected chi connectivity index (χ3v) is 3.11. The quantitative estimate of drug-likeness (QED) is 0.852. The van der Waals surface area contributed by atoms with Crippen LogP contribution in [-0.2, 0) is 10.4 Å². The van der Waals surface area contributed by atoms with Gasteiger partial charge in [0, 0.05) is 24.5 Å². The van der Waals surface area contributed by atoms with Crippen molar-refractivity contribution in [1.82, 2.24) is 5.32 Å². The van der Waals surface area contributed by atoms with Crippen LogP contribution < -0.4 is 5.32 Å². The first-order chi connectivity index (χ1) is 8.92. The smallest absolute Gasteiger partial charge is 0.214 e. The average Bonchev–Trinajstić information content (AvgIpc) is 2.85. The molecule has 0 spiro atoms. The summed E-state index contributed by atoms with van der Waals surface area (Å²) in [6.07, 6.45) is 7.10. The predicted octanol–water partition coefficient (Wildman–Crippen LogP) is 1.50. The highest BCUT2D eigenvalue weighted by atomic mass is 16.5. The summed E-state index contributed by atoms with van der Waals surface area (Å²) in [5.74, 6) is 0. The Kier molecular flexibility index (Phi) is 3.04. The van der Waals surface area contributed by atoms with Crippen LogP contribution in [0.3, 0.4) is 0 Å². The molecular formula is C14H15N3O.